The van der Waals surface area contributed by atoms with E-state index in [2.05, 4.69) is 89.5 Å². The summed E-state index contributed by atoms with van der Waals surface area (Å²) in [4.78, 5) is 56.1. The number of hydrogen-bond donors (Lipinski definition) is 0. The highest BCUT2D eigenvalue weighted by Crippen LogP contribution is 2.41. The second kappa shape index (κ2) is 12.8. The fourth-order valence-corrected chi connectivity index (χ4v) is 10.8. The Morgan fingerprint density at radius 3 is 0.877 bits per heavy atom. The predicted octanol–water partition coefficient (Wildman–Crippen LogP) is 11.9. The summed E-state index contributed by atoms with van der Waals surface area (Å²) in [7, 11) is 0. The maximum atomic E-state index is 14.0. The first-order valence-corrected chi connectivity index (χ1v) is 21.6. The lowest BCUT2D eigenvalue weighted by Gasteiger charge is -2.15. The Morgan fingerprint density at radius 2 is 0.538 bits per heavy atom. The number of fused-ring (bicyclic) bond motifs is 11. The maximum Gasteiger partial charge on any atom is 0.266 e. The lowest BCUT2D eigenvalue weighted by atomic mass is 9.93. The van der Waals surface area contributed by atoms with Gasteiger partial charge in [-0.25, -0.2) is 8.80 Å². The van der Waals surface area contributed by atoms with Gasteiger partial charge in [-0.05, 0) is 129 Å². The lowest BCUT2D eigenvalue weighted by Crippen LogP contribution is -2.27. The molecule has 0 saturated heterocycles. The van der Waals surface area contributed by atoms with Crippen molar-refractivity contribution in [1.82, 2.24) is 13.4 Å². The molecule has 0 fully saturated rings. The highest BCUT2D eigenvalue weighted by molar-refractivity contribution is 6.21. The molecule has 65 heavy (non-hydrogen) atoms. The van der Waals surface area contributed by atoms with Crippen molar-refractivity contribution in [3.05, 3.63) is 229 Å². The zero-order chi connectivity index (χ0) is 43.2. The van der Waals surface area contributed by atoms with E-state index in [9.17, 15) is 19.2 Å². The zero-order valence-electron chi connectivity index (χ0n) is 34.4. The van der Waals surface area contributed by atoms with Crippen LogP contribution in [0, 0.1) is 0 Å². The van der Waals surface area contributed by atoms with E-state index in [1.165, 1.54) is 8.80 Å². The Bertz CT molecular complexity index is 4200. The highest BCUT2D eigenvalue weighted by atomic mass is 16.2. The number of benzene rings is 9. The van der Waals surface area contributed by atoms with Gasteiger partial charge in [-0.3, -0.25) is 19.2 Å². The zero-order valence-corrected chi connectivity index (χ0v) is 34.4. The fourth-order valence-electron chi connectivity index (χ4n) is 10.8. The highest BCUT2D eigenvalue weighted by Gasteiger charge is 2.22. The molecule has 0 N–H and O–H groups in total. The van der Waals surface area contributed by atoms with E-state index in [-0.39, 0.29) is 22.2 Å². The minimum atomic E-state index is -0.316. The van der Waals surface area contributed by atoms with Gasteiger partial charge in [-0.2, -0.15) is 0 Å². The van der Waals surface area contributed by atoms with Gasteiger partial charge in [-0.15, -0.1) is 0 Å². The Hall–Kier alpha value is -8.94. The van der Waals surface area contributed by atoms with Crippen LogP contribution in [0.15, 0.2) is 207 Å². The molecule has 0 spiro atoms. The number of rotatable bonds is 3. The van der Waals surface area contributed by atoms with Crippen molar-refractivity contribution in [3.63, 3.8) is 0 Å². The van der Waals surface area contributed by atoms with E-state index in [0.29, 0.717) is 32.6 Å². The van der Waals surface area contributed by atoms with Crippen LogP contribution in [0.25, 0.3) is 125 Å². The van der Waals surface area contributed by atoms with Crippen molar-refractivity contribution in [1.29, 1.82) is 0 Å². The Balaban J connectivity index is 1.07. The number of aromatic nitrogens is 3. The molecule has 0 saturated carbocycles. The molecule has 0 aliphatic heterocycles. The fraction of sp³-hybridized carbons (Fsp3) is 0. The summed E-state index contributed by atoms with van der Waals surface area (Å²) < 4.78 is 5.02. The van der Waals surface area contributed by atoms with E-state index < -0.39 is 0 Å². The molecule has 14 rings (SSSR count). The van der Waals surface area contributed by atoms with E-state index in [1.807, 2.05) is 78.9 Å². The largest absolute Gasteiger partial charge is 0.309 e. The van der Waals surface area contributed by atoms with Crippen LogP contribution in [0.2, 0.25) is 0 Å². The minimum absolute atomic E-state index is 0.316. The number of hydrogen-bond acceptors (Lipinski definition) is 4. The molecule has 0 amide bonds. The molecule has 302 valence electrons. The summed E-state index contributed by atoms with van der Waals surface area (Å²) in [5.74, 6) is 0. The van der Waals surface area contributed by atoms with Crippen LogP contribution in [0.4, 0.5) is 0 Å². The van der Waals surface area contributed by atoms with Gasteiger partial charge in [0, 0.05) is 59.5 Å². The lowest BCUT2D eigenvalue weighted by molar-refractivity contribution is 1.09. The summed E-state index contributed by atoms with van der Waals surface area (Å²) in [6.45, 7) is 0. The van der Waals surface area contributed by atoms with Gasteiger partial charge in [-0.1, -0.05) is 103 Å². The number of para-hydroxylation sites is 1. The van der Waals surface area contributed by atoms with Crippen LogP contribution in [0.3, 0.4) is 0 Å². The first kappa shape index (κ1) is 35.6. The second-order valence-corrected chi connectivity index (χ2v) is 17.0. The van der Waals surface area contributed by atoms with Crippen molar-refractivity contribution in [2.75, 3.05) is 0 Å². The molecule has 5 aromatic heterocycles. The molecule has 9 aromatic carbocycles. The van der Waals surface area contributed by atoms with Gasteiger partial charge in [0.1, 0.15) is 0 Å². The molecule has 5 heterocycles. The van der Waals surface area contributed by atoms with Gasteiger partial charge in [0.2, 0.25) is 0 Å². The van der Waals surface area contributed by atoms with E-state index in [4.69, 9.17) is 0 Å². The average molecular weight is 834 g/mol. The molecular weight excluding hydrogens is 803 g/mol. The minimum Gasteiger partial charge on any atom is -0.309 e. The first-order valence-electron chi connectivity index (χ1n) is 21.6. The molecule has 0 aliphatic carbocycles. The quantitative estimate of drug-likeness (QED) is 0.131. The Kier molecular flexibility index (Phi) is 7.02. The van der Waals surface area contributed by atoms with E-state index >= 15 is 0 Å². The van der Waals surface area contributed by atoms with Crippen LogP contribution in [0.1, 0.15) is 0 Å². The predicted molar refractivity (Wildman–Crippen MR) is 266 cm³/mol. The van der Waals surface area contributed by atoms with Crippen LogP contribution >= 0.6 is 0 Å². The average Bonchev–Trinajstić information content (AvgIpc) is 3.69. The molecule has 14 aromatic rings. The summed E-state index contributed by atoms with van der Waals surface area (Å²) >= 11 is 0. The molecular formula is C58H31N3O4. The summed E-state index contributed by atoms with van der Waals surface area (Å²) in [6, 6.07) is 62.2. The second-order valence-electron chi connectivity index (χ2n) is 17.0. The SMILES string of the molecule is O=c1c2ccccc2c2cc(-c3ccc4c(c3)c3cc(-c5cc6c7ccccc7c(=O)n7c(=O)c8ccccc8c(c5)c67)ccc3n4-c3ccccc3)cc3c4ccccc4c(=O)n1c23. The molecule has 7 nitrogen and oxygen atoms in total. The van der Waals surface area contributed by atoms with Gasteiger partial charge in [0.25, 0.3) is 22.2 Å². The molecule has 0 radical (unpaired) electrons. The van der Waals surface area contributed by atoms with Crippen molar-refractivity contribution in [2.45, 2.75) is 0 Å². The third kappa shape index (κ3) is 4.73. The topological polar surface area (TPSA) is 82.0 Å². The standard InChI is InChI=1S/C58H31N3O4/c62-55-41-18-8-4-14-37(41)47-28-34(29-48-38-15-5-9-19-42(38)56(63)60(55)53(47)48)32-22-24-51-45(26-32)46-27-33(23-25-52(46)59(51)36-12-2-1-3-13-36)35-30-49-39-16-6-10-20-43(39)57(64)61-54(49)50(31-35)40-17-7-11-21-44(40)58(61)65/h1-31H. The molecule has 0 unspecified atom stereocenters. The smallest absolute Gasteiger partial charge is 0.266 e. The van der Waals surface area contributed by atoms with Crippen LogP contribution in [0.5, 0.6) is 0 Å². The summed E-state index contributed by atoms with van der Waals surface area (Å²) in [6.07, 6.45) is 0. The third-order valence-corrected chi connectivity index (χ3v) is 13.7. The monoisotopic (exact) mass is 833 g/mol. The van der Waals surface area contributed by atoms with Gasteiger partial charge >= 0.3 is 0 Å². The number of nitrogens with zero attached hydrogens (tertiary/aromatic N) is 3. The maximum absolute atomic E-state index is 14.0. The number of pyridine rings is 4. The van der Waals surface area contributed by atoms with Crippen molar-refractivity contribution in [2.24, 2.45) is 0 Å². The summed E-state index contributed by atoms with van der Waals surface area (Å²) in [5.41, 5.74) is 7.01. The Labute approximate surface area is 366 Å². The van der Waals surface area contributed by atoms with Crippen LogP contribution in [-0.2, 0) is 0 Å². The molecule has 0 aliphatic rings. The van der Waals surface area contributed by atoms with E-state index in [1.54, 1.807) is 24.3 Å². The molecule has 0 bridgehead atoms. The van der Waals surface area contributed by atoms with Gasteiger partial charge < -0.3 is 4.57 Å². The molecule has 0 atom stereocenters. The van der Waals surface area contributed by atoms with E-state index in [0.717, 1.165) is 92.8 Å². The third-order valence-electron chi connectivity index (χ3n) is 13.7. The summed E-state index contributed by atoms with van der Waals surface area (Å²) in [5, 5.41) is 10.7. The first-order chi connectivity index (χ1) is 31.9. The molecule has 7 heteroatoms. The van der Waals surface area contributed by atoms with Crippen molar-refractivity contribution in [3.8, 4) is 27.9 Å². The normalized spacial score (nSPS) is 12.2. The Morgan fingerprint density at radius 1 is 0.246 bits per heavy atom. The van der Waals surface area contributed by atoms with Gasteiger partial charge in [0.05, 0.1) is 22.1 Å². The van der Waals surface area contributed by atoms with Crippen molar-refractivity contribution < 1.29 is 0 Å². The van der Waals surface area contributed by atoms with Crippen LogP contribution < -0.4 is 22.2 Å². The van der Waals surface area contributed by atoms with Crippen molar-refractivity contribution >= 4 is 97.5 Å². The van der Waals surface area contributed by atoms with Crippen LogP contribution in [-0.4, -0.2) is 13.4 Å². The van der Waals surface area contributed by atoms with Gasteiger partial charge in [0.15, 0.2) is 0 Å².